The molecule has 1 heterocycles. The van der Waals surface area contributed by atoms with Gasteiger partial charge in [-0.2, -0.15) is 0 Å². The molecule has 1 aliphatic heterocycles. The number of halogens is 2. The Hall–Kier alpha value is -0.770. The van der Waals surface area contributed by atoms with Crippen LogP contribution < -0.4 is 0 Å². The van der Waals surface area contributed by atoms with Gasteiger partial charge in [-0.05, 0) is 57.1 Å². The number of benzene rings is 1. The van der Waals surface area contributed by atoms with Gasteiger partial charge in [0, 0.05) is 24.5 Å². The van der Waals surface area contributed by atoms with Crippen LogP contribution in [-0.2, 0) is 11.2 Å². The van der Waals surface area contributed by atoms with E-state index in [1.54, 1.807) is 0 Å². The van der Waals surface area contributed by atoms with Crippen LogP contribution in [0.3, 0.4) is 0 Å². The van der Waals surface area contributed by atoms with Crippen molar-refractivity contribution in [2.45, 2.75) is 31.7 Å². The van der Waals surface area contributed by atoms with Gasteiger partial charge >= 0.3 is 0 Å². The third-order valence-corrected chi connectivity index (χ3v) is 4.42. The fourth-order valence-corrected chi connectivity index (χ4v) is 2.79. The van der Waals surface area contributed by atoms with Crippen molar-refractivity contribution in [3.05, 3.63) is 34.9 Å². The predicted molar refractivity (Wildman–Crippen MR) is 90.3 cm³/mol. The molecule has 0 bridgehead atoms. The summed E-state index contributed by atoms with van der Waals surface area (Å²) in [5, 5.41) is 0.739. The van der Waals surface area contributed by atoms with Crippen molar-refractivity contribution in [1.29, 1.82) is 0 Å². The summed E-state index contributed by atoms with van der Waals surface area (Å²) in [5.41, 5.74) is 1.17. The second-order valence-electron chi connectivity index (χ2n) is 5.67. The van der Waals surface area contributed by atoms with Gasteiger partial charge in [0.05, 0.1) is 0 Å². The predicted octanol–water partition coefficient (Wildman–Crippen LogP) is 3.25. The van der Waals surface area contributed by atoms with Gasteiger partial charge in [0.15, 0.2) is 0 Å². The maximum Gasteiger partial charge on any atom is 0.222 e. The summed E-state index contributed by atoms with van der Waals surface area (Å²) in [4.78, 5) is 16.5. The van der Waals surface area contributed by atoms with E-state index in [9.17, 15) is 4.79 Å². The van der Waals surface area contributed by atoms with Crippen LogP contribution in [0.1, 0.15) is 24.8 Å². The van der Waals surface area contributed by atoms with E-state index in [0.717, 1.165) is 37.4 Å². The van der Waals surface area contributed by atoms with Gasteiger partial charge in [-0.25, -0.2) is 0 Å². The van der Waals surface area contributed by atoms with E-state index in [0.29, 0.717) is 12.5 Å². The molecule has 0 unspecified atom stereocenters. The van der Waals surface area contributed by atoms with Crippen LogP contribution >= 0.6 is 24.0 Å². The zero-order chi connectivity index (χ0) is 14.5. The molecule has 5 heteroatoms. The highest BCUT2D eigenvalue weighted by Gasteiger charge is 2.23. The first kappa shape index (κ1) is 18.3. The van der Waals surface area contributed by atoms with Crippen molar-refractivity contribution in [3.63, 3.8) is 0 Å². The van der Waals surface area contributed by atoms with Crippen LogP contribution in [0, 0.1) is 0 Å². The summed E-state index contributed by atoms with van der Waals surface area (Å²) >= 11 is 5.86. The molecule has 1 aromatic carbocycles. The largest absolute Gasteiger partial charge is 0.343 e. The van der Waals surface area contributed by atoms with Gasteiger partial charge in [-0.15, -0.1) is 12.4 Å². The Balaban J connectivity index is 0.00000220. The van der Waals surface area contributed by atoms with Gasteiger partial charge in [-0.1, -0.05) is 23.7 Å². The maximum absolute atomic E-state index is 12.3. The molecule has 21 heavy (non-hydrogen) atoms. The van der Waals surface area contributed by atoms with Crippen LogP contribution in [0.25, 0.3) is 0 Å². The van der Waals surface area contributed by atoms with E-state index in [4.69, 9.17) is 11.6 Å². The van der Waals surface area contributed by atoms with Crippen molar-refractivity contribution < 1.29 is 4.79 Å². The summed E-state index contributed by atoms with van der Waals surface area (Å²) in [6, 6.07) is 8.14. The van der Waals surface area contributed by atoms with Gasteiger partial charge < -0.3 is 9.80 Å². The normalized spacial score (nSPS) is 16.3. The molecule has 1 saturated heterocycles. The second-order valence-corrected chi connectivity index (χ2v) is 6.10. The Morgan fingerprint density at radius 2 is 1.86 bits per heavy atom. The van der Waals surface area contributed by atoms with Gasteiger partial charge in [0.2, 0.25) is 5.91 Å². The smallest absolute Gasteiger partial charge is 0.222 e. The highest BCUT2D eigenvalue weighted by molar-refractivity contribution is 6.30. The van der Waals surface area contributed by atoms with E-state index >= 15 is 0 Å². The Labute approximate surface area is 138 Å². The number of aryl methyl sites for hydroxylation is 1. The Morgan fingerprint density at radius 3 is 2.43 bits per heavy atom. The molecule has 0 saturated carbocycles. The number of carbonyl (C=O) groups excluding carboxylic acids is 1. The minimum atomic E-state index is 0. The molecule has 1 amide bonds. The van der Waals surface area contributed by atoms with E-state index in [1.807, 2.05) is 36.2 Å². The molecule has 0 atom stereocenters. The highest BCUT2D eigenvalue weighted by atomic mass is 35.5. The standard InChI is InChI=1S/C16H23ClN2O.ClH/c1-18-11-9-15(10-12-18)19(2)16(20)8-5-13-3-6-14(17)7-4-13;/h3-4,6-7,15H,5,8-12H2,1-2H3;1H. The van der Waals surface area contributed by atoms with Gasteiger partial charge in [0.25, 0.3) is 0 Å². The lowest BCUT2D eigenvalue weighted by Crippen LogP contribution is -2.44. The van der Waals surface area contributed by atoms with Crippen LogP contribution in [0.15, 0.2) is 24.3 Å². The van der Waals surface area contributed by atoms with Crippen LogP contribution in [0.4, 0.5) is 0 Å². The maximum atomic E-state index is 12.3. The summed E-state index contributed by atoms with van der Waals surface area (Å²) in [5.74, 6) is 0.245. The third-order valence-electron chi connectivity index (χ3n) is 4.17. The molecule has 1 aromatic rings. The average Bonchev–Trinajstić information content (AvgIpc) is 2.46. The van der Waals surface area contributed by atoms with Crippen molar-refractivity contribution >= 4 is 29.9 Å². The van der Waals surface area contributed by atoms with Crippen molar-refractivity contribution in [2.24, 2.45) is 0 Å². The lowest BCUT2D eigenvalue weighted by Gasteiger charge is -2.35. The molecule has 3 nitrogen and oxygen atoms in total. The first-order valence-corrected chi connectivity index (χ1v) is 7.62. The second kappa shape index (κ2) is 8.62. The fraction of sp³-hybridized carbons (Fsp3) is 0.562. The summed E-state index contributed by atoms with van der Waals surface area (Å²) in [7, 11) is 4.08. The highest BCUT2D eigenvalue weighted by Crippen LogP contribution is 2.16. The Bertz CT molecular complexity index is 442. The lowest BCUT2D eigenvalue weighted by atomic mass is 10.0. The summed E-state index contributed by atoms with van der Waals surface area (Å²) < 4.78 is 0. The van der Waals surface area contributed by atoms with Gasteiger partial charge in [0.1, 0.15) is 0 Å². The SMILES string of the molecule is CN1CCC(N(C)C(=O)CCc2ccc(Cl)cc2)CC1.Cl. The number of likely N-dealkylation sites (tertiary alicyclic amines) is 1. The first-order valence-electron chi connectivity index (χ1n) is 7.25. The Morgan fingerprint density at radius 1 is 1.29 bits per heavy atom. The zero-order valence-corrected chi connectivity index (χ0v) is 14.3. The topological polar surface area (TPSA) is 23.6 Å². The van der Waals surface area contributed by atoms with Crippen molar-refractivity contribution in [2.75, 3.05) is 27.2 Å². The van der Waals surface area contributed by atoms with E-state index < -0.39 is 0 Å². The number of amides is 1. The molecule has 2 rings (SSSR count). The molecule has 0 N–H and O–H groups in total. The number of hydrogen-bond donors (Lipinski definition) is 0. The molecule has 1 fully saturated rings. The molecular weight excluding hydrogens is 307 g/mol. The minimum Gasteiger partial charge on any atom is -0.343 e. The quantitative estimate of drug-likeness (QED) is 0.846. The number of piperidine rings is 1. The number of rotatable bonds is 4. The van der Waals surface area contributed by atoms with Crippen LogP contribution in [0.2, 0.25) is 5.02 Å². The fourth-order valence-electron chi connectivity index (χ4n) is 2.66. The monoisotopic (exact) mass is 330 g/mol. The first-order chi connectivity index (χ1) is 9.56. The molecule has 0 aliphatic carbocycles. The van der Waals surface area contributed by atoms with Crippen LogP contribution in [0.5, 0.6) is 0 Å². The van der Waals surface area contributed by atoms with Crippen LogP contribution in [-0.4, -0.2) is 48.9 Å². The molecule has 1 aliphatic rings. The third kappa shape index (κ3) is 5.50. The molecule has 118 valence electrons. The van der Waals surface area contributed by atoms with E-state index in [-0.39, 0.29) is 18.3 Å². The molecule has 0 aromatic heterocycles. The van der Waals surface area contributed by atoms with Crippen molar-refractivity contribution in [3.8, 4) is 0 Å². The number of carbonyl (C=O) groups is 1. The van der Waals surface area contributed by atoms with E-state index in [2.05, 4.69) is 11.9 Å². The van der Waals surface area contributed by atoms with Crippen molar-refractivity contribution in [1.82, 2.24) is 9.80 Å². The molecular formula is C16H24Cl2N2O. The summed E-state index contributed by atoms with van der Waals surface area (Å²) in [6.07, 6.45) is 3.52. The van der Waals surface area contributed by atoms with Gasteiger partial charge in [-0.3, -0.25) is 4.79 Å². The zero-order valence-electron chi connectivity index (χ0n) is 12.7. The van der Waals surface area contributed by atoms with E-state index in [1.165, 1.54) is 5.56 Å². The molecule has 0 radical (unpaired) electrons. The average molecular weight is 331 g/mol. The molecule has 0 spiro atoms. The summed E-state index contributed by atoms with van der Waals surface area (Å²) in [6.45, 7) is 2.17. The number of nitrogens with zero attached hydrogens (tertiary/aromatic N) is 2. The minimum absolute atomic E-state index is 0. The lowest BCUT2D eigenvalue weighted by molar-refractivity contribution is -0.132. The Kier molecular flexibility index (Phi) is 7.50. The number of hydrogen-bond acceptors (Lipinski definition) is 2.